The number of hydrogen-bond acceptors (Lipinski definition) is 5. The largest absolute Gasteiger partial charge is 0.469 e. The SMILES string of the molecule is COC(=O)CCc1ccccc1Cc1ccccc1-c1nc(C(=O)NCCC(C)(C)C)co1. The number of amides is 1. The van der Waals surface area contributed by atoms with Crippen LogP contribution in [0.1, 0.15) is 60.8 Å². The van der Waals surface area contributed by atoms with Gasteiger partial charge in [-0.05, 0) is 47.4 Å². The minimum Gasteiger partial charge on any atom is -0.469 e. The summed E-state index contributed by atoms with van der Waals surface area (Å²) in [4.78, 5) is 28.5. The van der Waals surface area contributed by atoms with Crippen molar-refractivity contribution >= 4 is 11.9 Å². The zero-order chi connectivity index (χ0) is 23.8. The molecule has 1 heterocycles. The summed E-state index contributed by atoms with van der Waals surface area (Å²) in [5.41, 5.74) is 4.52. The molecule has 0 unspecified atom stereocenters. The minimum atomic E-state index is -0.236. The van der Waals surface area contributed by atoms with Crippen LogP contribution in [-0.2, 0) is 22.4 Å². The van der Waals surface area contributed by atoms with Crippen LogP contribution in [0.2, 0.25) is 0 Å². The molecule has 1 N–H and O–H groups in total. The normalized spacial score (nSPS) is 11.3. The topological polar surface area (TPSA) is 81.4 Å². The Morgan fingerprint density at radius 1 is 1.00 bits per heavy atom. The van der Waals surface area contributed by atoms with Gasteiger partial charge in [-0.1, -0.05) is 63.2 Å². The van der Waals surface area contributed by atoms with Gasteiger partial charge in [-0.25, -0.2) is 4.98 Å². The summed E-state index contributed by atoms with van der Waals surface area (Å²) in [6.45, 7) is 7.00. The highest BCUT2D eigenvalue weighted by Crippen LogP contribution is 2.27. The van der Waals surface area contributed by atoms with Crippen LogP contribution in [-0.4, -0.2) is 30.5 Å². The number of aryl methyl sites for hydroxylation is 1. The minimum absolute atomic E-state index is 0.147. The molecule has 0 aliphatic carbocycles. The number of carbonyl (C=O) groups excluding carboxylic acids is 2. The van der Waals surface area contributed by atoms with Crippen molar-refractivity contribution in [2.75, 3.05) is 13.7 Å². The van der Waals surface area contributed by atoms with E-state index >= 15 is 0 Å². The van der Waals surface area contributed by atoms with E-state index in [0.29, 0.717) is 31.7 Å². The smallest absolute Gasteiger partial charge is 0.305 e. The molecule has 0 saturated carbocycles. The molecular formula is C27H32N2O4. The van der Waals surface area contributed by atoms with E-state index in [1.165, 1.54) is 13.4 Å². The molecular weight excluding hydrogens is 416 g/mol. The lowest BCUT2D eigenvalue weighted by molar-refractivity contribution is -0.140. The molecule has 0 radical (unpaired) electrons. The summed E-state index contributed by atoms with van der Waals surface area (Å²) in [7, 11) is 1.40. The summed E-state index contributed by atoms with van der Waals surface area (Å²) in [5, 5.41) is 2.91. The van der Waals surface area contributed by atoms with Gasteiger partial charge in [0.2, 0.25) is 5.89 Å². The third-order valence-electron chi connectivity index (χ3n) is 5.47. The van der Waals surface area contributed by atoms with E-state index in [2.05, 4.69) is 37.1 Å². The van der Waals surface area contributed by atoms with Crippen molar-refractivity contribution in [2.24, 2.45) is 5.41 Å². The molecule has 0 saturated heterocycles. The van der Waals surface area contributed by atoms with E-state index in [1.807, 2.05) is 42.5 Å². The predicted octanol–water partition coefficient (Wildman–Crippen LogP) is 5.20. The highest BCUT2D eigenvalue weighted by atomic mass is 16.5. The van der Waals surface area contributed by atoms with Gasteiger partial charge in [-0.15, -0.1) is 0 Å². The number of aromatic nitrogens is 1. The van der Waals surface area contributed by atoms with Gasteiger partial charge >= 0.3 is 5.97 Å². The van der Waals surface area contributed by atoms with Gasteiger partial charge in [-0.2, -0.15) is 0 Å². The second-order valence-electron chi connectivity index (χ2n) is 9.28. The molecule has 2 aromatic carbocycles. The van der Waals surface area contributed by atoms with Crippen LogP contribution < -0.4 is 5.32 Å². The van der Waals surface area contributed by atoms with Crippen LogP contribution in [0.4, 0.5) is 0 Å². The van der Waals surface area contributed by atoms with E-state index in [9.17, 15) is 9.59 Å². The van der Waals surface area contributed by atoms with Crippen LogP contribution >= 0.6 is 0 Å². The number of nitrogens with zero attached hydrogens (tertiary/aromatic N) is 1. The van der Waals surface area contributed by atoms with E-state index < -0.39 is 0 Å². The van der Waals surface area contributed by atoms with E-state index in [4.69, 9.17) is 9.15 Å². The summed E-state index contributed by atoms with van der Waals surface area (Å²) in [5.74, 6) is -0.0446. The number of methoxy groups -OCH3 is 1. The third kappa shape index (κ3) is 7.04. The summed E-state index contributed by atoms with van der Waals surface area (Å²) >= 11 is 0. The Bertz CT molecular complexity index is 1100. The lowest BCUT2D eigenvalue weighted by Crippen LogP contribution is -2.27. The quantitative estimate of drug-likeness (QED) is 0.455. The van der Waals surface area contributed by atoms with Crippen LogP contribution in [0.15, 0.2) is 59.2 Å². The van der Waals surface area contributed by atoms with Crippen LogP contribution in [0.5, 0.6) is 0 Å². The number of esters is 1. The predicted molar refractivity (Wildman–Crippen MR) is 128 cm³/mol. The Hall–Kier alpha value is -3.41. The molecule has 0 bridgehead atoms. The van der Waals surface area contributed by atoms with Crippen molar-refractivity contribution in [1.82, 2.24) is 10.3 Å². The number of benzene rings is 2. The standard InChI is InChI=1S/C27H32N2O4/c1-27(2,3)15-16-28-25(31)23-18-33-26(29-23)22-12-8-7-11-21(22)17-20-10-6-5-9-19(20)13-14-24(30)32-4/h5-12,18H,13-17H2,1-4H3,(H,28,31). The molecule has 174 valence electrons. The van der Waals surface area contributed by atoms with Crippen molar-refractivity contribution in [3.8, 4) is 11.5 Å². The second-order valence-corrected chi connectivity index (χ2v) is 9.28. The average molecular weight is 449 g/mol. The van der Waals surface area contributed by atoms with Gasteiger partial charge in [0.05, 0.1) is 7.11 Å². The number of rotatable bonds is 9. The monoisotopic (exact) mass is 448 g/mol. The maximum absolute atomic E-state index is 12.5. The van der Waals surface area contributed by atoms with Gasteiger partial charge in [0, 0.05) is 18.5 Å². The molecule has 3 aromatic rings. The molecule has 6 heteroatoms. The number of nitrogens with one attached hydrogen (secondary N) is 1. The Kier molecular flexibility index (Phi) is 8.04. The van der Waals surface area contributed by atoms with Crippen molar-refractivity contribution in [2.45, 2.75) is 46.5 Å². The van der Waals surface area contributed by atoms with Crippen LogP contribution in [0, 0.1) is 5.41 Å². The number of carbonyl (C=O) groups is 2. The number of ether oxygens (including phenoxy) is 1. The second kappa shape index (κ2) is 10.9. The summed E-state index contributed by atoms with van der Waals surface area (Å²) < 4.78 is 10.5. The summed E-state index contributed by atoms with van der Waals surface area (Å²) in [6, 6.07) is 15.9. The highest BCUT2D eigenvalue weighted by Gasteiger charge is 2.17. The Morgan fingerprint density at radius 2 is 1.67 bits per heavy atom. The highest BCUT2D eigenvalue weighted by molar-refractivity contribution is 5.92. The van der Waals surface area contributed by atoms with Crippen LogP contribution in [0.25, 0.3) is 11.5 Å². The van der Waals surface area contributed by atoms with Gasteiger partial charge < -0.3 is 14.5 Å². The third-order valence-corrected chi connectivity index (χ3v) is 5.47. The Labute approximate surface area is 195 Å². The Balaban J connectivity index is 1.76. The first-order valence-electron chi connectivity index (χ1n) is 11.2. The molecule has 1 amide bonds. The molecule has 3 rings (SSSR count). The fourth-order valence-electron chi connectivity index (χ4n) is 3.54. The molecule has 1 aromatic heterocycles. The van der Waals surface area contributed by atoms with Crippen molar-refractivity contribution in [1.29, 1.82) is 0 Å². The van der Waals surface area contributed by atoms with Gasteiger partial charge in [0.15, 0.2) is 5.69 Å². The van der Waals surface area contributed by atoms with Gasteiger partial charge in [-0.3, -0.25) is 9.59 Å². The Morgan fingerprint density at radius 3 is 2.36 bits per heavy atom. The van der Waals surface area contributed by atoms with Crippen molar-refractivity contribution in [3.05, 3.63) is 77.2 Å². The zero-order valence-corrected chi connectivity index (χ0v) is 19.8. The zero-order valence-electron chi connectivity index (χ0n) is 19.8. The van der Waals surface area contributed by atoms with Crippen molar-refractivity contribution in [3.63, 3.8) is 0 Å². The van der Waals surface area contributed by atoms with E-state index in [0.717, 1.165) is 28.7 Å². The molecule has 0 fully saturated rings. The molecule has 0 aliphatic heterocycles. The van der Waals surface area contributed by atoms with Gasteiger partial charge in [0.1, 0.15) is 6.26 Å². The maximum Gasteiger partial charge on any atom is 0.305 e. The fourth-order valence-corrected chi connectivity index (χ4v) is 3.54. The average Bonchev–Trinajstić information content (AvgIpc) is 3.28. The molecule has 6 nitrogen and oxygen atoms in total. The molecule has 0 spiro atoms. The first-order chi connectivity index (χ1) is 15.8. The lowest BCUT2D eigenvalue weighted by Gasteiger charge is -2.17. The lowest BCUT2D eigenvalue weighted by atomic mass is 9.92. The van der Waals surface area contributed by atoms with E-state index in [1.54, 1.807) is 0 Å². The maximum atomic E-state index is 12.5. The first-order valence-corrected chi connectivity index (χ1v) is 11.2. The fraction of sp³-hybridized carbons (Fsp3) is 0.370. The summed E-state index contributed by atoms with van der Waals surface area (Å²) in [6.07, 6.45) is 3.89. The van der Waals surface area contributed by atoms with Crippen molar-refractivity contribution < 1.29 is 18.7 Å². The van der Waals surface area contributed by atoms with E-state index in [-0.39, 0.29) is 23.0 Å². The number of hydrogen-bond donors (Lipinski definition) is 1. The number of oxazole rings is 1. The van der Waals surface area contributed by atoms with Crippen LogP contribution in [0.3, 0.4) is 0 Å². The van der Waals surface area contributed by atoms with Gasteiger partial charge in [0.25, 0.3) is 5.91 Å². The molecule has 0 aliphatic rings. The molecule has 0 atom stereocenters. The first kappa shape index (κ1) is 24.2. The molecule has 33 heavy (non-hydrogen) atoms.